The molecule has 2 atom stereocenters. The molecule has 2 unspecified atom stereocenters. The Hall–Kier alpha value is -1.01. The number of nitrogens with zero attached hydrogens (tertiary/aromatic N) is 2. The summed E-state index contributed by atoms with van der Waals surface area (Å²) in [5.74, 6) is 1.11. The molecule has 0 saturated carbocycles. The van der Waals surface area contributed by atoms with Gasteiger partial charge in [0.05, 0.1) is 5.56 Å². The van der Waals surface area contributed by atoms with E-state index in [-0.39, 0.29) is 36.8 Å². The van der Waals surface area contributed by atoms with Crippen molar-refractivity contribution in [3.05, 3.63) is 29.8 Å². The topological polar surface area (TPSA) is 58.8 Å². The summed E-state index contributed by atoms with van der Waals surface area (Å²) in [5.41, 5.74) is 6.40. The van der Waals surface area contributed by atoms with E-state index in [0.29, 0.717) is 30.4 Å². The maximum atomic E-state index is 12.8. The molecular weight excluding hydrogens is 349 g/mol. The van der Waals surface area contributed by atoms with E-state index in [1.165, 1.54) is 0 Å². The van der Waals surface area contributed by atoms with E-state index in [0.717, 1.165) is 19.5 Å². The Kier molecular flexibility index (Phi) is 10.3. The van der Waals surface area contributed by atoms with Crippen LogP contribution in [0.25, 0.3) is 0 Å². The molecule has 1 aromatic carbocycles. The van der Waals surface area contributed by atoms with E-state index >= 15 is 0 Å². The van der Waals surface area contributed by atoms with Crippen molar-refractivity contribution < 1.29 is 9.53 Å². The minimum Gasteiger partial charge on any atom is -0.491 e. The summed E-state index contributed by atoms with van der Waals surface area (Å²) in [7, 11) is 4.00. The van der Waals surface area contributed by atoms with Crippen molar-refractivity contribution in [1.29, 1.82) is 0 Å². The second-order valence-electron chi connectivity index (χ2n) is 6.29. The number of ether oxygens (including phenoxy) is 1. The van der Waals surface area contributed by atoms with Crippen LogP contribution in [0.15, 0.2) is 24.3 Å². The number of hydrogen-bond acceptors (Lipinski definition) is 4. The predicted molar refractivity (Wildman–Crippen MR) is 103 cm³/mol. The molecular formula is C17H29Cl2N3O2. The number of halogens is 2. The summed E-state index contributed by atoms with van der Waals surface area (Å²) in [4.78, 5) is 16.8. The van der Waals surface area contributed by atoms with Crippen LogP contribution in [0.1, 0.15) is 23.7 Å². The average Bonchev–Trinajstić information content (AvgIpc) is 2.88. The molecule has 1 amide bonds. The van der Waals surface area contributed by atoms with Gasteiger partial charge in [-0.2, -0.15) is 0 Å². The molecule has 1 aliphatic heterocycles. The largest absolute Gasteiger partial charge is 0.491 e. The van der Waals surface area contributed by atoms with Gasteiger partial charge in [0.1, 0.15) is 12.4 Å². The average molecular weight is 378 g/mol. The highest BCUT2D eigenvalue weighted by Gasteiger charge is 2.33. The van der Waals surface area contributed by atoms with Crippen molar-refractivity contribution >= 4 is 30.7 Å². The smallest absolute Gasteiger partial charge is 0.257 e. The van der Waals surface area contributed by atoms with E-state index in [1.54, 1.807) is 0 Å². The van der Waals surface area contributed by atoms with Gasteiger partial charge in [0.25, 0.3) is 5.91 Å². The minimum absolute atomic E-state index is 0. The van der Waals surface area contributed by atoms with Crippen molar-refractivity contribution in [3.8, 4) is 5.75 Å². The minimum atomic E-state index is 0. The van der Waals surface area contributed by atoms with E-state index in [4.69, 9.17) is 10.5 Å². The fourth-order valence-corrected chi connectivity index (χ4v) is 2.86. The molecule has 0 aliphatic carbocycles. The van der Waals surface area contributed by atoms with Gasteiger partial charge in [0.2, 0.25) is 0 Å². The molecule has 24 heavy (non-hydrogen) atoms. The summed E-state index contributed by atoms with van der Waals surface area (Å²) >= 11 is 0. The maximum Gasteiger partial charge on any atom is 0.257 e. The molecule has 1 saturated heterocycles. The number of rotatable bonds is 6. The Morgan fingerprint density at radius 1 is 1.33 bits per heavy atom. The number of amides is 1. The zero-order chi connectivity index (χ0) is 16.1. The van der Waals surface area contributed by atoms with Gasteiger partial charge in [-0.25, -0.2) is 0 Å². The lowest BCUT2D eigenvalue weighted by atomic mass is 10.1. The molecule has 1 fully saturated rings. The molecule has 138 valence electrons. The summed E-state index contributed by atoms with van der Waals surface area (Å²) in [6.45, 7) is 4.84. The van der Waals surface area contributed by atoms with Crippen LogP contribution in [0.4, 0.5) is 0 Å². The summed E-state index contributed by atoms with van der Waals surface area (Å²) in [6.07, 6.45) is 0.978. The maximum absolute atomic E-state index is 12.8. The number of likely N-dealkylation sites (N-methyl/N-ethyl adjacent to an activating group) is 1. The second kappa shape index (κ2) is 10.8. The van der Waals surface area contributed by atoms with Crippen LogP contribution in [0.3, 0.4) is 0 Å². The summed E-state index contributed by atoms with van der Waals surface area (Å²) in [6, 6.07) is 7.72. The van der Waals surface area contributed by atoms with Gasteiger partial charge in [0.15, 0.2) is 0 Å². The van der Waals surface area contributed by atoms with Crippen molar-refractivity contribution in [3.63, 3.8) is 0 Å². The van der Waals surface area contributed by atoms with Crippen molar-refractivity contribution in [2.24, 2.45) is 11.7 Å². The molecule has 0 radical (unpaired) electrons. The number of carbonyl (C=O) groups is 1. The monoisotopic (exact) mass is 377 g/mol. The van der Waals surface area contributed by atoms with E-state index in [9.17, 15) is 4.79 Å². The Morgan fingerprint density at radius 2 is 2.00 bits per heavy atom. The third-order valence-corrected chi connectivity index (χ3v) is 4.17. The number of likely N-dealkylation sites (tertiary alicyclic amines) is 1. The van der Waals surface area contributed by atoms with Crippen LogP contribution in [0.2, 0.25) is 0 Å². The van der Waals surface area contributed by atoms with Gasteiger partial charge in [-0.1, -0.05) is 12.1 Å². The standard InChI is InChI=1S/C17H27N3O2.2ClH/c1-13-10-14(11-18)12-20(13)17(21)15-6-4-5-7-16(15)22-9-8-19(2)3;;/h4-7,13-14H,8-12,18H2,1-3H3;2*1H. The number of benzene rings is 1. The fourth-order valence-electron chi connectivity index (χ4n) is 2.86. The van der Waals surface area contributed by atoms with Gasteiger partial charge >= 0.3 is 0 Å². The Balaban J connectivity index is 0.00000264. The van der Waals surface area contributed by atoms with E-state index in [2.05, 4.69) is 11.8 Å². The number of nitrogens with two attached hydrogens (primary N) is 1. The first kappa shape index (κ1) is 23.0. The first-order valence-corrected chi connectivity index (χ1v) is 7.90. The van der Waals surface area contributed by atoms with Gasteiger partial charge in [0, 0.05) is 19.1 Å². The first-order chi connectivity index (χ1) is 10.5. The highest BCUT2D eigenvalue weighted by atomic mass is 35.5. The van der Waals surface area contributed by atoms with Crippen LogP contribution in [-0.2, 0) is 0 Å². The fraction of sp³-hybridized carbons (Fsp3) is 0.588. The molecule has 2 rings (SSSR count). The third-order valence-electron chi connectivity index (χ3n) is 4.17. The number of hydrogen-bond donors (Lipinski definition) is 1. The molecule has 7 heteroatoms. The second-order valence-corrected chi connectivity index (χ2v) is 6.29. The lowest BCUT2D eigenvalue weighted by Crippen LogP contribution is -2.34. The predicted octanol–water partition coefficient (Wildman–Crippen LogP) is 2.28. The molecule has 1 heterocycles. The van der Waals surface area contributed by atoms with Crippen LogP contribution in [0, 0.1) is 5.92 Å². The van der Waals surface area contributed by atoms with Crippen LogP contribution >= 0.6 is 24.8 Å². The lowest BCUT2D eigenvalue weighted by molar-refractivity contribution is 0.0738. The van der Waals surface area contributed by atoms with Crippen molar-refractivity contribution in [2.75, 3.05) is 40.3 Å². The molecule has 5 nitrogen and oxygen atoms in total. The van der Waals surface area contributed by atoms with E-state index < -0.39 is 0 Å². The third kappa shape index (κ3) is 5.81. The first-order valence-electron chi connectivity index (χ1n) is 7.90. The Bertz CT molecular complexity index is 514. The highest BCUT2D eigenvalue weighted by Crippen LogP contribution is 2.27. The van der Waals surface area contributed by atoms with Crippen molar-refractivity contribution in [1.82, 2.24) is 9.80 Å². The molecule has 0 spiro atoms. The zero-order valence-electron chi connectivity index (χ0n) is 14.6. The molecule has 0 aromatic heterocycles. The van der Waals surface area contributed by atoms with Gasteiger partial charge in [-0.05, 0) is 52.0 Å². The van der Waals surface area contributed by atoms with Crippen molar-refractivity contribution in [2.45, 2.75) is 19.4 Å². The Morgan fingerprint density at radius 3 is 2.58 bits per heavy atom. The van der Waals surface area contributed by atoms with Gasteiger partial charge < -0.3 is 20.3 Å². The molecule has 0 bridgehead atoms. The normalized spacial score (nSPS) is 19.6. The highest BCUT2D eigenvalue weighted by molar-refractivity contribution is 5.97. The quantitative estimate of drug-likeness (QED) is 0.825. The Labute approximate surface area is 157 Å². The number of para-hydroxylation sites is 1. The SMILES string of the molecule is CC1CC(CN)CN1C(=O)c1ccccc1OCCN(C)C.Cl.Cl. The van der Waals surface area contributed by atoms with Crippen LogP contribution in [-0.4, -0.2) is 62.1 Å². The number of carbonyl (C=O) groups excluding carboxylic acids is 1. The zero-order valence-corrected chi connectivity index (χ0v) is 16.2. The van der Waals surface area contributed by atoms with Crippen LogP contribution in [0.5, 0.6) is 5.75 Å². The van der Waals surface area contributed by atoms with E-state index in [1.807, 2.05) is 43.3 Å². The summed E-state index contributed by atoms with van der Waals surface area (Å²) in [5, 5.41) is 0. The lowest BCUT2D eigenvalue weighted by Gasteiger charge is -2.23. The van der Waals surface area contributed by atoms with Gasteiger partial charge in [-0.15, -0.1) is 24.8 Å². The van der Waals surface area contributed by atoms with Crippen LogP contribution < -0.4 is 10.5 Å². The summed E-state index contributed by atoms with van der Waals surface area (Å²) < 4.78 is 5.80. The molecule has 1 aromatic rings. The molecule has 1 aliphatic rings. The van der Waals surface area contributed by atoms with Gasteiger partial charge in [-0.3, -0.25) is 4.79 Å². The molecule has 2 N–H and O–H groups in total.